The molecule has 1 aromatic carbocycles. The maximum Gasteiger partial charge on any atom is 0.313 e. The second kappa shape index (κ2) is 9.36. The second-order valence-electron chi connectivity index (χ2n) is 6.87. The average Bonchev–Trinajstić information content (AvgIpc) is 2.70. The Bertz CT molecular complexity index is 824. The van der Waals surface area contributed by atoms with Gasteiger partial charge in [-0.1, -0.05) is 6.07 Å². The Hall–Kier alpha value is -2.87. The summed E-state index contributed by atoms with van der Waals surface area (Å²) >= 11 is 0. The third-order valence-corrected chi connectivity index (χ3v) is 4.77. The van der Waals surface area contributed by atoms with Crippen molar-refractivity contribution in [2.75, 3.05) is 25.0 Å². The van der Waals surface area contributed by atoms with E-state index in [1.54, 1.807) is 6.20 Å². The van der Waals surface area contributed by atoms with E-state index in [9.17, 15) is 18.4 Å². The Morgan fingerprint density at radius 3 is 2.61 bits per heavy atom. The minimum Gasteiger partial charge on any atom is -0.348 e. The molecule has 0 atom stereocenters. The summed E-state index contributed by atoms with van der Waals surface area (Å²) in [5.74, 6) is -3.21. The van der Waals surface area contributed by atoms with E-state index < -0.39 is 23.4 Å². The van der Waals surface area contributed by atoms with E-state index in [0.717, 1.165) is 44.6 Å². The molecule has 0 aliphatic carbocycles. The van der Waals surface area contributed by atoms with E-state index in [-0.39, 0.29) is 11.6 Å². The van der Waals surface area contributed by atoms with Crippen molar-refractivity contribution in [3.63, 3.8) is 0 Å². The number of likely N-dealkylation sites (tertiary alicyclic amines) is 1. The highest BCUT2D eigenvalue weighted by molar-refractivity contribution is 6.39. The van der Waals surface area contributed by atoms with Gasteiger partial charge in [0.2, 0.25) is 0 Å². The highest BCUT2D eigenvalue weighted by atomic mass is 19.1. The van der Waals surface area contributed by atoms with Crippen LogP contribution in [0.4, 0.5) is 14.5 Å². The van der Waals surface area contributed by atoms with Crippen LogP contribution in [0.15, 0.2) is 42.7 Å². The smallest absolute Gasteiger partial charge is 0.313 e. The van der Waals surface area contributed by atoms with Gasteiger partial charge in [0.1, 0.15) is 11.6 Å². The maximum atomic E-state index is 13.5. The number of carbonyl (C=O) groups is 2. The Labute approximate surface area is 162 Å². The molecular formula is C20H22F2N4O2. The van der Waals surface area contributed by atoms with Crippen molar-refractivity contribution in [2.45, 2.75) is 19.4 Å². The van der Waals surface area contributed by atoms with Crippen molar-refractivity contribution < 1.29 is 18.4 Å². The number of carbonyl (C=O) groups excluding carboxylic acids is 2. The number of rotatable bonds is 5. The standard InChI is InChI=1S/C20H22F2N4O2/c21-16-3-4-18(17(22)10-16)25-20(28)19(27)24-12-14-5-8-26(9-6-14)13-15-2-1-7-23-11-15/h1-4,7,10-11,14H,5-6,8-9,12-13H2,(H,24,27)(H,25,28). The van der Waals surface area contributed by atoms with Crippen LogP contribution in [0.3, 0.4) is 0 Å². The number of piperidine rings is 1. The number of anilines is 1. The zero-order valence-corrected chi connectivity index (χ0v) is 15.3. The highest BCUT2D eigenvalue weighted by Gasteiger charge is 2.22. The number of nitrogens with zero attached hydrogens (tertiary/aromatic N) is 2. The summed E-state index contributed by atoms with van der Waals surface area (Å²) in [5, 5.41) is 4.74. The summed E-state index contributed by atoms with van der Waals surface area (Å²) in [6, 6.07) is 6.69. The number of benzene rings is 1. The minimum atomic E-state index is -0.973. The van der Waals surface area contributed by atoms with Gasteiger partial charge < -0.3 is 10.6 Å². The van der Waals surface area contributed by atoms with Gasteiger partial charge in [0.05, 0.1) is 5.69 Å². The maximum absolute atomic E-state index is 13.5. The molecule has 0 spiro atoms. The molecule has 6 nitrogen and oxygen atoms in total. The number of aromatic nitrogens is 1. The number of pyridine rings is 1. The molecule has 28 heavy (non-hydrogen) atoms. The van der Waals surface area contributed by atoms with Crippen LogP contribution in [0.1, 0.15) is 18.4 Å². The van der Waals surface area contributed by atoms with Gasteiger partial charge in [-0.2, -0.15) is 0 Å². The predicted octanol–water partition coefficient (Wildman–Crippen LogP) is 2.33. The van der Waals surface area contributed by atoms with Crippen molar-refractivity contribution in [2.24, 2.45) is 5.92 Å². The Kier molecular flexibility index (Phi) is 6.65. The van der Waals surface area contributed by atoms with Crippen LogP contribution in [0.5, 0.6) is 0 Å². The fraction of sp³-hybridized carbons (Fsp3) is 0.350. The summed E-state index contributed by atoms with van der Waals surface area (Å²) in [5.41, 5.74) is 0.934. The molecule has 148 valence electrons. The van der Waals surface area contributed by atoms with Gasteiger partial charge in [-0.3, -0.25) is 19.5 Å². The first-order valence-electron chi connectivity index (χ1n) is 9.17. The Morgan fingerprint density at radius 1 is 1.14 bits per heavy atom. The lowest BCUT2D eigenvalue weighted by atomic mass is 9.96. The van der Waals surface area contributed by atoms with Gasteiger partial charge in [0.15, 0.2) is 0 Å². The fourth-order valence-electron chi connectivity index (χ4n) is 3.19. The summed E-state index contributed by atoms with van der Waals surface area (Å²) in [6.07, 6.45) is 5.43. The lowest BCUT2D eigenvalue weighted by Gasteiger charge is -2.31. The zero-order valence-electron chi connectivity index (χ0n) is 15.3. The lowest BCUT2D eigenvalue weighted by molar-refractivity contribution is -0.136. The van der Waals surface area contributed by atoms with E-state index >= 15 is 0 Å². The van der Waals surface area contributed by atoms with Gasteiger partial charge >= 0.3 is 11.8 Å². The highest BCUT2D eigenvalue weighted by Crippen LogP contribution is 2.18. The molecule has 1 aliphatic rings. The van der Waals surface area contributed by atoms with E-state index in [1.807, 2.05) is 18.3 Å². The summed E-state index contributed by atoms with van der Waals surface area (Å²) < 4.78 is 26.4. The van der Waals surface area contributed by atoms with E-state index in [2.05, 4.69) is 20.5 Å². The van der Waals surface area contributed by atoms with E-state index in [4.69, 9.17) is 0 Å². The van der Waals surface area contributed by atoms with Crippen molar-refractivity contribution in [1.82, 2.24) is 15.2 Å². The lowest BCUT2D eigenvalue weighted by Crippen LogP contribution is -2.41. The molecule has 0 saturated carbocycles. The Morgan fingerprint density at radius 2 is 1.93 bits per heavy atom. The molecule has 2 amide bonds. The van der Waals surface area contributed by atoms with Crippen LogP contribution in [0.25, 0.3) is 0 Å². The number of halogens is 2. The number of amides is 2. The minimum absolute atomic E-state index is 0.231. The third-order valence-electron chi connectivity index (χ3n) is 4.77. The van der Waals surface area contributed by atoms with Crippen molar-refractivity contribution in [3.05, 3.63) is 59.9 Å². The first-order valence-corrected chi connectivity index (χ1v) is 9.17. The fourth-order valence-corrected chi connectivity index (χ4v) is 3.19. The number of nitrogens with one attached hydrogen (secondary N) is 2. The van der Waals surface area contributed by atoms with Crippen LogP contribution < -0.4 is 10.6 Å². The summed E-state index contributed by atoms with van der Waals surface area (Å²) in [6.45, 7) is 3.04. The predicted molar refractivity (Wildman–Crippen MR) is 100 cm³/mol. The number of hydrogen-bond donors (Lipinski definition) is 2. The number of hydrogen-bond acceptors (Lipinski definition) is 4. The molecule has 3 rings (SSSR count). The first-order chi connectivity index (χ1) is 13.5. The molecule has 1 aromatic heterocycles. The quantitative estimate of drug-likeness (QED) is 0.771. The van der Waals surface area contributed by atoms with E-state index in [1.165, 1.54) is 5.56 Å². The topological polar surface area (TPSA) is 74.3 Å². The second-order valence-corrected chi connectivity index (χ2v) is 6.87. The average molecular weight is 388 g/mol. The molecule has 0 unspecified atom stereocenters. The van der Waals surface area contributed by atoms with Crippen LogP contribution in [-0.2, 0) is 16.1 Å². The Balaban J connectivity index is 1.39. The van der Waals surface area contributed by atoms with Gasteiger partial charge in [-0.25, -0.2) is 8.78 Å². The van der Waals surface area contributed by atoms with Gasteiger partial charge in [0, 0.05) is 31.5 Å². The molecular weight excluding hydrogens is 366 g/mol. The molecule has 0 bridgehead atoms. The molecule has 1 fully saturated rings. The van der Waals surface area contributed by atoms with Crippen molar-refractivity contribution in [1.29, 1.82) is 0 Å². The van der Waals surface area contributed by atoms with Gasteiger partial charge in [-0.05, 0) is 55.6 Å². The van der Waals surface area contributed by atoms with Gasteiger partial charge in [-0.15, -0.1) is 0 Å². The van der Waals surface area contributed by atoms with Crippen LogP contribution in [0, 0.1) is 17.6 Å². The SMILES string of the molecule is O=C(NCC1CCN(Cc2cccnc2)CC1)C(=O)Nc1ccc(F)cc1F. The summed E-state index contributed by atoms with van der Waals surface area (Å²) in [7, 11) is 0. The van der Waals surface area contributed by atoms with E-state index in [0.29, 0.717) is 12.6 Å². The molecule has 2 N–H and O–H groups in total. The van der Waals surface area contributed by atoms with Crippen molar-refractivity contribution >= 4 is 17.5 Å². The van der Waals surface area contributed by atoms with Crippen LogP contribution in [-0.4, -0.2) is 41.3 Å². The largest absolute Gasteiger partial charge is 0.348 e. The van der Waals surface area contributed by atoms with Crippen LogP contribution in [0.2, 0.25) is 0 Å². The monoisotopic (exact) mass is 388 g/mol. The normalized spacial score (nSPS) is 15.2. The molecule has 8 heteroatoms. The summed E-state index contributed by atoms with van der Waals surface area (Å²) in [4.78, 5) is 30.3. The van der Waals surface area contributed by atoms with Crippen molar-refractivity contribution in [3.8, 4) is 0 Å². The molecule has 2 aromatic rings. The molecule has 0 radical (unpaired) electrons. The molecule has 1 aliphatic heterocycles. The van der Waals surface area contributed by atoms with Crippen LogP contribution >= 0.6 is 0 Å². The third kappa shape index (κ3) is 5.56. The molecule has 2 heterocycles. The van der Waals surface area contributed by atoms with Gasteiger partial charge in [0.25, 0.3) is 0 Å². The first kappa shape index (κ1) is 19.9. The molecule has 1 saturated heterocycles. The zero-order chi connectivity index (χ0) is 19.9.